The van der Waals surface area contributed by atoms with Crippen LogP contribution in [0.2, 0.25) is 0 Å². The van der Waals surface area contributed by atoms with Gasteiger partial charge in [0.25, 0.3) is 5.56 Å². The molecule has 0 spiro atoms. The number of nitrogens with one attached hydrogen (secondary N) is 1. The van der Waals surface area contributed by atoms with Gasteiger partial charge < -0.3 is 5.32 Å². The van der Waals surface area contributed by atoms with E-state index in [1.54, 1.807) is 24.3 Å². The van der Waals surface area contributed by atoms with E-state index in [0.29, 0.717) is 5.69 Å². The topological polar surface area (TPSA) is 64.0 Å². The van der Waals surface area contributed by atoms with E-state index in [9.17, 15) is 9.59 Å². The quantitative estimate of drug-likeness (QED) is 0.655. The number of aryl methyl sites for hydroxylation is 1. The molecule has 0 aliphatic carbocycles. The third kappa shape index (κ3) is 4.71. The van der Waals surface area contributed by atoms with Crippen LogP contribution in [0, 0.1) is 0 Å². The van der Waals surface area contributed by atoms with Crippen molar-refractivity contribution >= 4 is 22.9 Å². The van der Waals surface area contributed by atoms with E-state index in [2.05, 4.69) is 17.3 Å². The summed E-state index contributed by atoms with van der Waals surface area (Å²) < 4.78 is 1.24. The molecule has 0 radical (unpaired) electrons. The van der Waals surface area contributed by atoms with Gasteiger partial charge in [0.1, 0.15) is 11.7 Å². The number of hydrogen-bond acceptors (Lipinski definition) is 4. The second-order valence-electron chi connectivity index (χ2n) is 6.44. The van der Waals surface area contributed by atoms with E-state index in [4.69, 9.17) is 0 Å². The number of anilines is 1. The standard InChI is InChI=1S/C21H23N3O2S/c1-3-4-6-16-8-10-17(11-9-16)22-21(26)15(2)24-20(25)13-12-18(23-24)19-7-5-14-27-19/h5,7-15H,3-4,6H2,1-2H3,(H,22,26). The van der Waals surface area contributed by atoms with Gasteiger partial charge >= 0.3 is 0 Å². The minimum absolute atomic E-state index is 0.269. The van der Waals surface area contributed by atoms with Gasteiger partial charge in [0.15, 0.2) is 0 Å². The molecule has 140 valence electrons. The first-order valence-electron chi connectivity index (χ1n) is 9.12. The molecule has 0 aliphatic heterocycles. The maximum atomic E-state index is 12.6. The van der Waals surface area contributed by atoms with Crippen LogP contribution in [0.5, 0.6) is 0 Å². The lowest BCUT2D eigenvalue weighted by molar-refractivity contribution is -0.119. The molecule has 5 nitrogen and oxygen atoms in total. The van der Waals surface area contributed by atoms with Crippen LogP contribution in [0.15, 0.2) is 58.7 Å². The monoisotopic (exact) mass is 381 g/mol. The number of rotatable bonds is 7. The van der Waals surface area contributed by atoms with Crippen molar-refractivity contribution in [1.29, 1.82) is 0 Å². The van der Waals surface area contributed by atoms with Gasteiger partial charge in [0, 0.05) is 11.8 Å². The molecule has 0 bridgehead atoms. The summed E-state index contributed by atoms with van der Waals surface area (Å²) in [5, 5.41) is 9.20. The summed E-state index contributed by atoms with van der Waals surface area (Å²) in [4.78, 5) is 25.8. The summed E-state index contributed by atoms with van der Waals surface area (Å²) >= 11 is 1.54. The smallest absolute Gasteiger partial charge is 0.267 e. The molecule has 1 aromatic carbocycles. The van der Waals surface area contributed by atoms with Gasteiger partial charge in [-0.25, -0.2) is 4.68 Å². The first-order chi connectivity index (χ1) is 13.1. The van der Waals surface area contributed by atoms with Crippen molar-refractivity contribution < 1.29 is 4.79 Å². The lowest BCUT2D eigenvalue weighted by atomic mass is 10.1. The van der Waals surface area contributed by atoms with Crippen molar-refractivity contribution in [3.8, 4) is 10.6 Å². The second-order valence-corrected chi connectivity index (χ2v) is 7.39. The summed E-state index contributed by atoms with van der Waals surface area (Å²) in [6, 6.07) is 14.1. The van der Waals surface area contributed by atoms with E-state index in [1.807, 2.05) is 41.8 Å². The average Bonchev–Trinajstić information content (AvgIpc) is 3.22. The summed E-state index contributed by atoms with van der Waals surface area (Å²) in [6.07, 6.45) is 3.34. The highest BCUT2D eigenvalue weighted by molar-refractivity contribution is 7.13. The molecule has 3 rings (SSSR count). The Morgan fingerprint density at radius 3 is 2.63 bits per heavy atom. The molecule has 0 saturated carbocycles. The SMILES string of the molecule is CCCCc1ccc(NC(=O)C(C)n2nc(-c3cccs3)ccc2=O)cc1. The first kappa shape index (κ1) is 19.0. The molecule has 2 heterocycles. The number of hydrogen-bond donors (Lipinski definition) is 1. The van der Waals surface area contributed by atoms with Gasteiger partial charge in [0.2, 0.25) is 5.91 Å². The zero-order chi connectivity index (χ0) is 19.2. The van der Waals surface area contributed by atoms with Gasteiger partial charge in [-0.2, -0.15) is 5.10 Å². The molecule has 6 heteroatoms. The molecular weight excluding hydrogens is 358 g/mol. The summed E-state index contributed by atoms with van der Waals surface area (Å²) in [5.41, 5.74) is 2.36. The van der Waals surface area contributed by atoms with Crippen LogP contribution in [-0.4, -0.2) is 15.7 Å². The molecule has 3 aromatic rings. The van der Waals surface area contributed by atoms with Crippen molar-refractivity contribution in [2.24, 2.45) is 0 Å². The Bertz CT molecular complexity index is 946. The minimum atomic E-state index is -0.711. The number of benzene rings is 1. The molecule has 0 fully saturated rings. The zero-order valence-electron chi connectivity index (χ0n) is 15.5. The fraction of sp³-hybridized carbons (Fsp3) is 0.286. The van der Waals surface area contributed by atoms with Crippen LogP contribution >= 0.6 is 11.3 Å². The molecule has 1 N–H and O–H groups in total. The lowest BCUT2D eigenvalue weighted by Crippen LogP contribution is -2.33. The lowest BCUT2D eigenvalue weighted by Gasteiger charge is -2.15. The molecule has 1 amide bonds. The normalized spacial score (nSPS) is 11.9. The number of carbonyl (C=O) groups is 1. The molecule has 0 saturated heterocycles. The predicted molar refractivity (Wildman–Crippen MR) is 110 cm³/mol. The van der Waals surface area contributed by atoms with Crippen LogP contribution in [0.4, 0.5) is 5.69 Å². The Balaban J connectivity index is 1.73. The Labute approximate surface area is 162 Å². The zero-order valence-corrected chi connectivity index (χ0v) is 16.3. The molecule has 0 aliphatic rings. The van der Waals surface area contributed by atoms with Gasteiger partial charge in [-0.1, -0.05) is 31.5 Å². The van der Waals surface area contributed by atoms with Crippen LogP contribution < -0.4 is 10.9 Å². The van der Waals surface area contributed by atoms with Crippen LogP contribution in [0.1, 0.15) is 38.3 Å². The van der Waals surface area contributed by atoms with Crippen molar-refractivity contribution in [3.05, 3.63) is 69.8 Å². The first-order valence-corrected chi connectivity index (χ1v) is 10.00. The van der Waals surface area contributed by atoms with Gasteiger partial charge in [-0.05, 0) is 55.0 Å². The van der Waals surface area contributed by atoms with Crippen molar-refractivity contribution in [2.45, 2.75) is 39.2 Å². The fourth-order valence-corrected chi connectivity index (χ4v) is 3.44. The maximum Gasteiger partial charge on any atom is 0.267 e. The number of unbranched alkanes of at least 4 members (excludes halogenated alkanes) is 1. The largest absolute Gasteiger partial charge is 0.324 e. The second kappa shape index (κ2) is 8.77. The average molecular weight is 382 g/mol. The van der Waals surface area contributed by atoms with Gasteiger partial charge in [-0.15, -0.1) is 11.3 Å². The maximum absolute atomic E-state index is 12.6. The summed E-state index contributed by atoms with van der Waals surface area (Å²) in [6.45, 7) is 3.84. The summed E-state index contributed by atoms with van der Waals surface area (Å²) in [7, 11) is 0. The van der Waals surface area contributed by atoms with E-state index in [0.717, 1.165) is 29.8 Å². The number of carbonyl (C=O) groups excluding carboxylic acids is 1. The Hall–Kier alpha value is -2.73. The third-order valence-corrected chi connectivity index (χ3v) is 5.28. The Kier molecular flexibility index (Phi) is 6.19. The van der Waals surface area contributed by atoms with E-state index in [1.165, 1.54) is 16.3 Å². The van der Waals surface area contributed by atoms with Crippen molar-refractivity contribution in [3.63, 3.8) is 0 Å². The summed E-state index contributed by atoms with van der Waals surface area (Å²) in [5.74, 6) is -0.269. The van der Waals surface area contributed by atoms with Crippen LogP contribution in [-0.2, 0) is 11.2 Å². The third-order valence-electron chi connectivity index (χ3n) is 4.39. The van der Waals surface area contributed by atoms with Gasteiger partial charge in [0.05, 0.1) is 4.88 Å². The van der Waals surface area contributed by atoms with E-state index < -0.39 is 6.04 Å². The molecule has 27 heavy (non-hydrogen) atoms. The van der Waals surface area contributed by atoms with E-state index in [-0.39, 0.29) is 11.5 Å². The highest BCUT2D eigenvalue weighted by Crippen LogP contribution is 2.22. The van der Waals surface area contributed by atoms with Crippen LogP contribution in [0.3, 0.4) is 0 Å². The Morgan fingerprint density at radius 2 is 1.96 bits per heavy atom. The molecular formula is C21H23N3O2S. The number of nitrogens with zero attached hydrogens (tertiary/aromatic N) is 2. The molecule has 1 atom stereocenters. The minimum Gasteiger partial charge on any atom is -0.324 e. The fourth-order valence-electron chi connectivity index (χ4n) is 2.75. The highest BCUT2D eigenvalue weighted by Gasteiger charge is 2.18. The predicted octanol–water partition coefficient (Wildman–Crippen LogP) is 4.51. The number of aromatic nitrogens is 2. The van der Waals surface area contributed by atoms with Crippen molar-refractivity contribution in [2.75, 3.05) is 5.32 Å². The Morgan fingerprint density at radius 1 is 1.19 bits per heavy atom. The molecule has 1 unspecified atom stereocenters. The number of amides is 1. The molecule has 2 aromatic heterocycles. The highest BCUT2D eigenvalue weighted by atomic mass is 32.1. The van der Waals surface area contributed by atoms with Crippen molar-refractivity contribution in [1.82, 2.24) is 9.78 Å². The number of thiophene rings is 1. The van der Waals surface area contributed by atoms with E-state index >= 15 is 0 Å². The van der Waals surface area contributed by atoms with Gasteiger partial charge in [-0.3, -0.25) is 9.59 Å². The van der Waals surface area contributed by atoms with Crippen LogP contribution in [0.25, 0.3) is 10.6 Å².